The van der Waals surface area contributed by atoms with E-state index in [1.807, 2.05) is 48.5 Å². The van der Waals surface area contributed by atoms with Crippen LogP contribution in [0.2, 0.25) is 0 Å². The first-order valence-corrected chi connectivity index (χ1v) is 9.47. The largest absolute Gasteiger partial charge is 0.497 e. The van der Waals surface area contributed by atoms with E-state index in [0.29, 0.717) is 18.1 Å². The number of pyridine rings is 1. The summed E-state index contributed by atoms with van der Waals surface area (Å²) in [6, 6.07) is 17.1. The lowest BCUT2D eigenvalue weighted by Crippen LogP contribution is -2.02. The van der Waals surface area contributed by atoms with Crippen LogP contribution in [-0.2, 0) is 13.2 Å². The lowest BCUT2D eigenvalue weighted by molar-refractivity contribution is 0.276. The highest BCUT2D eigenvalue weighted by atomic mass is 79.9. The molecular formula is C21H18BrN3O3. The average molecular weight is 440 g/mol. The number of aromatic nitrogens is 3. The fraction of sp³-hybridized carbons (Fsp3) is 0.143. The molecule has 0 saturated carbocycles. The normalized spacial score (nSPS) is 11.0. The van der Waals surface area contributed by atoms with E-state index in [-0.39, 0.29) is 6.61 Å². The molecule has 2 aromatic heterocycles. The van der Waals surface area contributed by atoms with Crippen LogP contribution in [0.25, 0.3) is 16.7 Å². The Morgan fingerprint density at radius 2 is 1.93 bits per heavy atom. The monoisotopic (exact) mass is 439 g/mol. The number of benzene rings is 2. The van der Waals surface area contributed by atoms with Crippen LogP contribution in [-0.4, -0.2) is 27.0 Å². The first-order valence-electron chi connectivity index (χ1n) is 8.68. The molecule has 0 amide bonds. The average Bonchev–Trinajstić information content (AvgIpc) is 3.16. The molecule has 2 heterocycles. The van der Waals surface area contributed by atoms with E-state index in [2.05, 4.69) is 26.0 Å². The minimum absolute atomic E-state index is 0.118. The van der Waals surface area contributed by atoms with Crippen molar-refractivity contribution in [3.05, 3.63) is 76.5 Å². The second kappa shape index (κ2) is 8.00. The molecule has 1 N–H and O–H groups in total. The number of aliphatic hydroxyl groups excluding tert-OH is 1. The SMILES string of the molecule is COc1ccc(COc2cc(Br)cc3c2cnn3-c2cccc(CO)n2)cc1. The van der Waals surface area contributed by atoms with Crippen molar-refractivity contribution in [1.29, 1.82) is 0 Å². The molecule has 0 aliphatic carbocycles. The topological polar surface area (TPSA) is 69.4 Å². The fourth-order valence-electron chi connectivity index (χ4n) is 2.92. The van der Waals surface area contributed by atoms with Gasteiger partial charge in [-0.2, -0.15) is 5.10 Å². The quantitative estimate of drug-likeness (QED) is 0.485. The maximum Gasteiger partial charge on any atom is 0.154 e. The van der Waals surface area contributed by atoms with Crippen molar-refractivity contribution >= 4 is 26.8 Å². The minimum Gasteiger partial charge on any atom is -0.497 e. The molecule has 2 aromatic carbocycles. The summed E-state index contributed by atoms with van der Waals surface area (Å²) in [7, 11) is 1.65. The van der Waals surface area contributed by atoms with E-state index in [0.717, 1.165) is 32.4 Å². The Morgan fingerprint density at radius 3 is 2.68 bits per heavy atom. The number of hydrogen-bond donors (Lipinski definition) is 1. The van der Waals surface area contributed by atoms with Crippen LogP contribution in [0.1, 0.15) is 11.3 Å². The van der Waals surface area contributed by atoms with E-state index in [1.54, 1.807) is 24.1 Å². The Hall–Kier alpha value is -2.90. The predicted octanol–water partition coefficient (Wildman–Crippen LogP) is 4.26. The Labute approximate surface area is 170 Å². The van der Waals surface area contributed by atoms with Crippen molar-refractivity contribution in [3.8, 4) is 17.3 Å². The molecule has 0 aliphatic rings. The van der Waals surface area contributed by atoms with E-state index >= 15 is 0 Å². The van der Waals surface area contributed by atoms with Gasteiger partial charge in [-0.15, -0.1) is 0 Å². The number of ether oxygens (including phenoxy) is 2. The number of rotatable bonds is 6. The molecule has 6 nitrogen and oxygen atoms in total. The molecule has 0 fully saturated rings. The molecule has 4 rings (SSSR count). The highest BCUT2D eigenvalue weighted by molar-refractivity contribution is 9.10. The maximum absolute atomic E-state index is 9.34. The Kier molecular flexibility index (Phi) is 5.27. The molecule has 28 heavy (non-hydrogen) atoms. The first-order chi connectivity index (χ1) is 13.7. The van der Waals surface area contributed by atoms with Crippen molar-refractivity contribution in [3.63, 3.8) is 0 Å². The van der Waals surface area contributed by atoms with Crippen molar-refractivity contribution < 1.29 is 14.6 Å². The third-order valence-electron chi connectivity index (χ3n) is 4.34. The summed E-state index contributed by atoms with van der Waals surface area (Å²) < 4.78 is 13.9. The summed E-state index contributed by atoms with van der Waals surface area (Å²) in [5, 5.41) is 14.7. The van der Waals surface area contributed by atoms with Gasteiger partial charge in [0.05, 0.1) is 36.5 Å². The molecule has 0 radical (unpaired) electrons. The number of hydrogen-bond acceptors (Lipinski definition) is 5. The Morgan fingerprint density at radius 1 is 1.11 bits per heavy atom. The molecule has 0 unspecified atom stereocenters. The van der Waals surface area contributed by atoms with Crippen LogP contribution in [0.15, 0.2) is 65.3 Å². The molecule has 142 valence electrons. The molecule has 4 aromatic rings. The minimum atomic E-state index is -0.118. The second-order valence-corrected chi connectivity index (χ2v) is 7.09. The number of halogens is 1. The fourth-order valence-corrected chi connectivity index (χ4v) is 3.34. The van der Waals surface area contributed by atoms with Gasteiger partial charge in [0.2, 0.25) is 0 Å². The summed E-state index contributed by atoms with van der Waals surface area (Å²) in [4.78, 5) is 4.44. The summed E-state index contributed by atoms with van der Waals surface area (Å²) in [5.41, 5.74) is 2.49. The molecule has 0 saturated heterocycles. The van der Waals surface area contributed by atoms with E-state index < -0.39 is 0 Å². The molecular weight excluding hydrogens is 422 g/mol. The summed E-state index contributed by atoms with van der Waals surface area (Å²) in [6.45, 7) is 0.311. The molecule has 0 aliphatic heterocycles. The number of fused-ring (bicyclic) bond motifs is 1. The lowest BCUT2D eigenvalue weighted by atomic mass is 10.2. The number of methoxy groups -OCH3 is 1. The molecule has 0 bridgehead atoms. The van der Waals surface area contributed by atoms with E-state index in [1.165, 1.54) is 0 Å². The highest BCUT2D eigenvalue weighted by Gasteiger charge is 2.13. The van der Waals surface area contributed by atoms with Crippen LogP contribution >= 0.6 is 15.9 Å². The zero-order valence-electron chi connectivity index (χ0n) is 15.2. The van der Waals surface area contributed by atoms with Crippen LogP contribution in [0.3, 0.4) is 0 Å². The van der Waals surface area contributed by atoms with Crippen molar-refractivity contribution in [2.24, 2.45) is 0 Å². The molecule has 7 heteroatoms. The van der Waals surface area contributed by atoms with Gasteiger partial charge in [0.1, 0.15) is 18.1 Å². The van der Waals surface area contributed by atoms with Gasteiger partial charge in [-0.05, 0) is 42.0 Å². The number of aliphatic hydroxyl groups is 1. The smallest absolute Gasteiger partial charge is 0.154 e. The van der Waals surface area contributed by atoms with Crippen LogP contribution in [0, 0.1) is 0 Å². The zero-order valence-corrected chi connectivity index (χ0v) is 16.8. The van der Waals surface area contributed by atoms with Crippen molar-refractivity contribution in [2.75, 3.05) is 7.11 Å². The van der Waals surface area contributed by atoms with Gasteiger partial charge in [0.25, 0.3) is 0 Å². The van der Waals surface area contributed by atoms with Crippen LogP contribution in [0.4, 0.5) is 0 Å². The van der Waals surface area contributed by atoms with Gasteiger partial charge >= 0.3 is 0 Å². The second-order valence-electron chi connectivity index (χ2n) is 6.18. The molecule has 0 spiro atoms. The van der Waals surface area contributed by atoms with Crippen LogP contribution in [0.5, 0.6) is 11.5 Å². The predicted molar refractivity (Wildman–Crippen MR) is 110 cm³/mol. The van der Waals surface area contributed by atoms with Crippen molar-refractivity contribution in [2.45, 2.75) is 13.2 Å². The highest BCUT2D eigenvalue weighted by Crippen LogP contribution is 2.32. The van der Waals surface area contributed by atoms with Crippen molar-refractivity contribution in [1.82, 2.24) is 14.8 Å². The van der Waals surface area contributed by atoms with E-state index in [9.17, 15) is 5.11 Å². The Balaban J connectivity index is 1.66. The third-order valence-corrected chi connectivity index (χ3v) is 4.80. The van der Waals surface area contributed by atoms with Gasteiger partial charge in [-0.3, -0.25) is 0 Å². The summed E-state index contributed by atoms with van der Waals surface area (Å²) in [6.07, 6.45) is 1.76. The van der Waals surface area contributed by atoms with Crippen LogP contribution < -0.4 is 9.47 Å². The summed E-state index contributed by atoms with van der Waals surface area (Å²) >= 11 is 3.55. The molecule has 0 atom stereocenters. The van der Waals surface area contributed by atoms with Gasteiger partial charge in [-0.1, -0.05) is 34.1 Å². The number of nitrogens with zero attached hydrogens (tertiary/aromatic N) is 3. The van der Waals surface area contributed by atoms with E-state index in [4.69, 9.17) is 9.47 Å². The summed E-state index contributed by atoms with van der Waals surface area (Å²) in [5.74, 6) is 2.18. The first kappa shape index (κ1) is 18.5. The zero-order chi connectivity index (χ0) is 19.5. The van der Waals surface area contributed by atoms with Gasteiger partial charge < -0.3 is 14.6 Å². The van der Waals surface area contributed by atoms with Gasteiger partial charge in [-0.25, -0.2) is 9.67 Å². The maximum atomic E-state index is 9.34. The lowest BCUT2D eigenvalue weighted by Gasteiger charge is -2.10. The van der Waals surface area contributed by atoms with Gasteiger partial charge in [0, 0.05) is 4.47 Å². The Bertz CT molecular complexity index is 1110. The van der Waals surface area contributed by atoms with Gasteiger partial charge in [0.15, 0.2) is 5.82 Å². The standard InChI is InChI=1S/C21H18BrN3O3/c1-27-17-7-5-14(6-8-17)13-28-20-10-15(22)9-19-18(20)11-23-25(19)21-4-2-3-16(12-26)24-21/h2-11,26H,12-13H2,1H3. The third kappa shape index (κ3) is 3.72.